The highest BCUT2D eigenvalue weighted by atomic mass is 32.2. The van der Waals surface area contributed by atoms with Crippen LogP contribution in [0.4, 0.5) is 0 Å². The Labute approximate surface area is 168 Å². The van der Waals surface area contributed by atoms with Crippen LogP contribution in [0, 0.1) is 0 Å². The smallest absolute Gasteiger partial charge is 0.258 e. The van der Waals surface area contributed by atoms with E-state index in [0.717, 1.165) is 36.0 Å². The van der Waals surface area contributed by atoms with Gasteiger partial charge in [-0.05, 0) is 41.6 Å². The molecule has 0 saturated carbocycles. The van der Waals surface area contributed by atoms with Crippen LogP contribution >= 0.6 is 23.1 Å². The fourth-order valence-corrected chi connectivity index (χ4v) is 5.82. The van der Waals surface area contributed by atoms with E-state index >= 15 is 0 Å². The molecule has 1 saturated heterocycles. The Hall–Kier alpha value is -1.98. The number of rotatable bonds is 4. The van der Waals surface area contributed by atoms with Crippen molar-refractivity contribution in [1.29, 1.82) is 0 Å². The van der Waals surface area contributed by atoms with Crippen LogP contribution in [-0.2, 0) is 0 Å². The van der Waals surface area contributed by atoms with Crippen LogP contribution in [0.1, 0.15) is 33.8 Å². The largest absolute Gasteiger partial charge is 0.493 e. The summed E-state index contributed by atoms with van der Waals surface area (Å²) < 4.78 is 5.82. The van der Waals surface area contributed by atoms with Crippen molar-refractivity contribution in [2.45, 2.75) is 18.6 Å². The Morgan fingerprint density at radius 1 is 1.15 bits per heavy atom. The van der Waals surface area contributed by atoms with Gasteiger partial charge in [-0.25, -0.2) is 0 Å². The lowest BCUT2D eigenvalue weighted by Crippen LogP contribution is -2.33. The van der Waals surface area contributed by atoms with E-state index in [4.69, 9.17) is 4.74 Å². The summed E-state index contributed by atoms with van der Waals surface area (Å²) in [5, 5.41) is 4.67. The monoisotopic (exact) mass is 397 g/mol. The summed E-state index contributed by atoms with van der Waals surface area (Å²) in [5.74, 6) is 1.74. The number of hydrogen-bond acceptors (Lipinski definition) is 4. The van der Waals surface area contributed by atoms with E-state index in [1.807, 2.05) is 71.3 Å². The topological polar surface area (TPSA) is 29.5 Å². The number of hydrogen-bond donors (Lipinski definition) is 0. The zero-order valence-electron chi connectivity index (χ0n) is 15.4. The Balaban J connectivity index is 1.63. The van der Waals surface area contributed by atoms with Gasteiger partial charge >= 0.3 is 0 Å². The van der Waals surface area contributed by atoms with Crippen molar-refractivity contribution in [3.63, 3.8) is 0 Å². The number of thiophene rings is 1. The molecular weight excluding hydrogens is 374 g/mol. The molecule has 1 aliphatic rings. The molecule has 0 N–H and O–H groups in total. The minimum absolute atomic E-state index is 0.0858. The highest BCUT2D eigenvalue weighted by Gasteiger charge is 2.26. The number of amides is 1. The maximum absolute atomic E-state index is 13.5. The van der Waals surface area contributed by atoms with Crippen molar-refractivity contribution in [3.8, 4) is 5.75 Å². The van der Waals surface area contributed by atoms with Crippen molar-refractivity contribution >= 4 is 39.8 Å². The Morgan fingerprint density at radius 3 is 2.85 bits per heavy atom. The van der Waals surface area contributed by atoms with E-state index in [-0.39, 0.29) is 5.91 Å². The van der Waals surface area contributed by atoms with Gasteiger partial charge in [0, 0.05) is 29.0 Å². The van der Waals surface area contributed by atoms with E-state index in [9.17, 15) is 4.79 Å². The van der Waals surface area contributed by atoms with Crippen molar-refractivity contribution in [2.24, 2.45) is 0 Å². The summed E-state index contributed by atoms with van der Waals surface area (Å²) in [6, 6.07) is 16.3. The van der Waals surface area contributed by atoms with Crippen LogP contribution in [0.2, 0.25) is 0 Å². The molecule has 0 spiro atoms. The molecule has 2 heterocycles. The molecular formula is C22H23NO2S2. The highest BCUT2D eigenvalue weighted by molar-refractivity contribution is 7.99. The SMILES string of the molecule is CCOc1ccc2ccccc2c1C(=O)N1CCSC(c2cccs2)CC1. The first-order valence-corrected chi connectivity index (χ1v) is 11.3. The average molecular weight is 398 g/mol. The maximum atomic E-state index is 13.5. The second-order valence-corrected chi connectivity index (χ2v) is 8.84. The van der Waals surface area contributed by atoms with E-state index in [0.29, 0.717) is 23.2 Å². The molecule has 4 rings (SSSR count). The van der Waals surface area contributed by atoms with Crippen molar-refractivity contribution < 1.29 is 9.53 Å². The molecule has 5 heteroatoms. The summed E-state index contributed by atoms with van der Waals surface area (Å²) in [5.41, 5.74) is 0.703. The van der Waals surface area contributed by atoms with E-state index < -0.39 is 0 Å². The number of ether oxygens (including phenoxy) is 1. The van der Waals surface area contributed by atoms with Crippen LogP contribution in [0.25, 0.3) is 10.8 Å². The van der Waals surface area contributed by atoms with Gasteiger partial charge in [0.15, 0.2) is 0 Å². The normalized spacial score (nSPS) is 17.7. The predicted molar refractivity (Wildman–Crippen MR) is 115 cm³/mol. The number of fused-ring (bicyclic) bond motifs is 1. The summed E-state index contributed by atoms with van der Waals surface area (Å²) in [4.78, 5) is 16.9. The fourth-order valence-electron chi connectivity index (χ4n) is 3.58. The Kier molecular flexibility index (Phi) is 5.69. The van der Waals surface area contributed by atoms with Gasteiger partial charge in [0.05, 0.1) is 12.2 Å². The first-order chi connectivity index (χ1) is 13.3. The third-order valence-corrected chi connectivity index (χ3v) is 7.34. The van der Waals surface area contributed by atoms with E-state index in [1.165, 1.54) is 4.88 Å². The summed E-state index contributed by atoms with van der Waals surface area (Å²) >= 11 is 3.77. The van der Waals surface area contributed by atoms with Gasteiger partial charge in [-0.1, -0.05) is 36.4 Å². The van der Waals surface area contributed by atoms with Crippen LogP contribution in [0.3, 0.4) is 0 Å². The second kappa shape index (κ2) is 8.36. The van der Waals surface area contributed by atoms with Crippen molar-refractivity contribution in [3.05, 3.63) is 64.4 Å². The number of carbonyl (C=O) groups is 1. The third kappa shape index (κ3) is 3.85. The lowest BCUT2D eigenvalue weighted by atomic mass is 10.0. The van der Waals surface area contributed by atoms with Crippen LogP contribution in [-0.4, -0.2) is 36.3 Å². The van der Waals surface area contributed by atoms with Crippen molar-refractivity contribution in [1.82, 2.24) is 4.90 Å². The van der Waals surface area contributed by atoms with E-state index in [1.54, 1.807) is 0 Å². The summed E-state index contributed by atoms with van der Waals surface area (Å²) in [6.45, 7) is 4.07. The lowest BCUT2D eigenvalue weighted by molar-refractivity contribution is 0.0764. The molecule has 1 aromatic heterocycles. The zero-order valence-corrected chi connectivity index (χ0v) is 17.0. The highest BCUT2D eigenvalue weighted by Crippen LogP contribution is 2.37. The number of thioether (sulfide) groups is 1. The molecule has 1 amide bonds. The second-order valence-electron chi connectivity index (χ2n) is 6.55. The average Bonchev–Trinajstić information content (AvgIpc) is 3.12. The standard InChI is InChI=1S/C22H23NO2S2/c1-2-25-18-10-9-16-6-3-4-7-17(16)21(18)22(24)23-12-11-20(27-15-13-23)19-8-5-14-26-19/h3-10,14,20H,2,11-13,15H2,1H3. The van der Waals surface area contributed by atoms with Gasteiger partial charge in [-0.2, -0.15) is 11.8 Å². The van der Waals surface area contributed by atoms with E-state index in [2.05, 4.69) is 17.5 Å². The predicted octanol–water partition coefficient (Wildman–Crippen LogP) is 5.62. The first-order valence-electron chi connectivity index (χ1n) is 9.36. The van der Waals surface area contributed by atoms with Gasteiger partial charge in [0.1, 0.15) is 5.75 Å². The first kappa shape index (κ1) is 18.4. The molecule has 0 aliphatic carbocycles. The molecule has 1 atom stereocenters. The number of nitrogens with zero attached hydrogens (tertiary/aromatic N) is 1. The molecule has 1 fully saturated rings. The Bertz CT molecular complexity index is 923. The zero-order chi connectivity index (χ0) is 18.6. The molecule has 1 unspecified atom stereocenters. The molecule has 3 aromatic rings. The molecule has 27 heavy (non-hydrogen) atoms. The van der Waals surface area contributed by atoms with Crippen LogP contribution in [0.5, 0.6) is 5.75 Å². The van der Waals surface area contributed by atoms with Crippen LogP contribution < -0.4 is 4.74 Å². The molecule has 0 bridgehead atoms. The van der Waals surface area contributed by atoms with Gasteiger partial charge in [0.25, 0.3) is 5.91 Å². The molecule has 2 aromatic carbocycles. The van der Waals surface area contributed by atoms with Gasteiger partial charge in [-0.3, -0.25) is 4.79 Å². The van der Waals surface area contributed by atoms with Crippen LogP contribution in [0.15, 0.2) is 53.9 Å². The van der Waals surface area contributed by atoms with Gasteiger partial charge < -0.3 is 9.64 Å². The minimum Gasteiger partial charge on any atom is -0.493 e. The maximum Gasteiger partial charge on any atom is 0.258 e. The van der Waals surface area contributed by atoms with Gasteiger partial charge in [-0.15, -0.1) is 11.3 Å². The fraction of sp³-hybridized carbons (Fsp3) is 0.318. The number of benzene rings is 2. The quantitative estimate of drug-likeness (QED) is 0.572. The van der Waals surface area contributed by atoms with Gasteiger partial charge in [0.2, 0.25) is 0 Å². The summed E-state index contributed by atoms with van der Waals surface area (Å²) in [6.07, 6.45) is 0.992. The molecule has 0 radical (unpaired) electrons. The Morgan fingerprint density at radius 2 is 2.04 bits per heavy atom. The minimum atomic E-state index is 0.0858. The van der Waals surface area contributed by atoms with Crippen molar-refractivity contribution in [2.75, 3.05) is 25.4 Å². The summed E-state index contributed by atoms with van der Waals surface area (Å²) in [7, 11) is 0. The lowest BCUT2D eigenvalue weighted by Gasteiger charge is -2.23. The molecule has 140 valence electrons. The third-order valence-electron chi connectivity index (χ3n) is 4.89. The molecule has 3 nitrogen and oxygen atoms in total. The molecule has 1 aliphatic heterocycles. The number of carbonyl (C=O) groups excluding carboxylic acids is 1.